The Morgan fingerprint density at radius 2 is 1.97 bits per heavy atom. The fourth-order valence-electron chi connectivity index (χ4n) is 4.54. The molecule has 1 N–H and O–H groups in total. The summed E-state index contributed by atoms with van der Waals surface area (Å²) in [6.07, 6.45) is 2.92. The van der Waals surface area contributed by atoms with Crippen molar-refractivity contribution in [2.45, 2.75) is 39.7 Å². The van der Waals surface area contributed by atoms with E-state index in [0.29, 0.717) is 32.4 Å². The smallest absolute Gasteiger partial charge is 0.307 e. The molecular formula is C28H25ClFN3O3S. The summed E-state index contributed by atoms with van der Waals surface area (Å²) >= 11 is 7.77. The quantitative estimate of drug-likeness (QED) is 0.252. The van der Waals surface area contributed by atoms with Gasteiger partial charge in [-0.1, -0.05) is 11.6 Å². The minimum atomic E-state index is -0.934. The summed E-state index contributed by atoms with van der Waals surface area (Å²) in [5, 5.41) is 11.6. The largest absolute Gasteiger partial charge is 0.487 e. The van der Waals surface area contributed by atoms with Gasteiger partial charge in [-0.15, -0.1) is 11.3 Å². The van der Waals surface area contributed by atoms with Crippen LogP contribution in [0.15, 0.2) is 42.7 Å². The first-order valence-electron chi connectivity index (χ1n) is 11.7. The van der Waals surface area contributed by atoms with Gasteiger partial charge in [-0.3, -0.25) is 4.79 Å². The third-order valence-corrected chi connectivity index (χ3v) is 7.34. The molecule has 3 heterocycles. The highest BCUT2D eigenvalue weighted by molar-refractivity contribution is 7.22. The highest BCUT2D eigenvalue weighted by Gasteiger charge is 2.24. The minimum absolute atomic E-state index is 0.161. The molecule has 37 heavy (non-hydrogen) atoms. The van der Waals surface area contributed by atoms with Crippen LogP contribution in [0.2, 0.25) is 5.02 Å². The van der Waals surface area contributed by atoms with Gasteiger partial charge in [0.1, 0.15) is 27.8 Å². The predicted molar refractivity (Wildman–Crippen MR) is 146 cm³/mol. The fraction of sp³-hybridized carbons (Fsp3) is 0.250. The second-order valence-electron chi connectivity index (χ2n) is 10.0. The summed E-state index contributed by atoms with van der Waals surface area (Å²) in [7, 11) is 1.86. The lowest BCUT2D eigenvalue weighted by molar-refractivity contribution is -0.136. The standard InChI is InChI=1S/C28H25ClFN3O3S/c1-14-8-21-25(37-27(32-21)20-13-33(5)26-19(20)10-16(30)12-31-26)24(18(14)11-23(34)35)17-7-6-15(29)9-22(17)36-28(2,3)4/h6-10,12-13H,11H2,1-5H3,(H,34,35). The molecule has 0 saturated heterocycles. The van der Waals surface area contributed by atoms with Gasteiger partial charge < -0.3 is 14.4 Å². The first-order chi connectivity index (χ1) is 17.4. The van der Waals surface area contributed by atoms with Gasteiger partial charge in [0.2, 0.25) is 0 Å². The fourth-order valence-corrected chi connectivity index (χ4v) is 5.85. The van der Waals surface area contributed by atoms with Crippen LogP contribution in [0.3, 0.4) is 0 Å². The molecule has 0 atom stereocenters. The highest BCUT2D eigenvalue weighted by Crippen LogP contribution is 2.45. The Morgan fingerprint density at radius 3 is 2.68 bits per heavy atom. The van der Waals surface area contributed by atoms with Crippen LogP contribution in [0.25, 0.3) is 42.9 Å². The lowest BCUT2D eigenvalue weighted by Gasteiger charge is -2.24. The number of carbonyl (C=O) groups is 1. The van der Waals surface area contributed by atoms with Gasteiger partial charge in [0, 0.05) is 40.3 Å². The number of aliphatic carboxylic acids is 1. The Labute approximate surface area is 222 Å². The molecule has 5 aromatic rings. The number of hydrogen-bond donors (Lipinski definition) is 1. The first-order valence-corrected chi connectivity index (χ1v) is 12.9. The molecule has 0 unspecified atom stereocenters. The maximum absolute atomic E-state index is 14.1. The zero-order chi connectivity index (χ0) is 26.6. The first kappa shape index (κ1) is 25.2. The third-order valence-electron chi connectivity index (χ3n) is 5.98. The van der Waals surface area contributed by atoms with Gasteiger partial charge in [0.05, 0.1) is 22.8 Å². The zero-order valence-electron chi connectivity index (χ0n) is 21.0. The number of benzene rings is 2. The van der Waals surface area contributed by atoms with Crippen molar-refractivity contribution in [3.05, 3.63) is 64.7 Å². The summed E-state index contributed by atoms with van der Waals surface area (Å²) in [5.74, 6) is -0.798. The second-order valence-corrected chi connectivity index (χ2v) is 11.5. The Hall–Kier alpha value is -3.49. The number of fused-ring (bicyclic) bond motifs is 2. The maximum Gasteiger partial charge on any atom is 0.307 e. The molecule has 2 aromatic carbocycles. The Bertz CT molecular complexity index is 1700. The number of hydrogen-bond acceptors (Lipinski definition) is 5. The van der Waals surface area contributed by atoms with Crippen molar-refractivity contribution in [3.63, 3.8) is 0 Å². The molecule has 0 fully saturated rings. The van der Waals surface area contributed by atoms with Crippen LogP contribution in [-0.2, 0) is 18.3 Å². The van der Waals surface area contributed by atoms with Crippen molar-refractivity contribution in [1.29, 1.82) is 0 Å². The van der Waals surface area contributed by atoms with Crippen molar-refractivity contribution in [2.75, 3.05) is 0 Å². The van der Waals surface area contributed by atoms with Crippen LogP contribution in [0, 0.1) is 12.7 Å². The number of carboxylic acids is 1. The number of halogens is 2. The van der Waals surface area contributed by atoms with Gasteiger partial charge in [-0.05, 0) is 69.2 Å². The molecule has 0 saturated carbocycles. The van der Waals surface area contributed by atoms with E-state index in [2.05, 4.69) is 4.98 Å². The number of pyridine rings is 1. The molecule has 9 heteroatoms. The van der Waals surface area contributed by atoms with Crippen LogP contribution in [0.5, 0.6) is 5.75 Å². The van der Waals surface area contributed by atoms with Crippen LogP contribution < -0.4 is 4.74 Å². The van der Waals surface area contributed by atoms with Crippen LogP contribution in [0.1, 0.15) is 31.9 Å². The van der Waals surface area contributed by atoms with Gasteiger partial charge >= 0.3 is 5.97 Å². The summed E-state index contributed by atoms with van der Waals surface area (Å²) in [4.78, 5) is 21.0. The summed E-state index contributed by atoms with van der Waals surface area (Å²) in [6.45, 7) is 7.72. The van der Waals surface area contributed by atoms with Crippen LogP contribution >= 0.6 is 22.9 Å². The van der Waals surface area contributed by atoms with Crippen LogP contribution in [0.4, 0.5) is 4.39 Å². The molecule has 190 valence electrons. The van der Waals surface area contributed by atoms with E-state index < -0.39 is 17.4 Å². The number of aryl methyl sites for hydroxylation is 2. The number of carboxylic acid groups (broad SMARTS) is 1. The molecule has 3 aromatic heterocycles. The number of aromatic nitrogens is 3. The van der Waals surface area contributed by atoms with Crippen molar-refractivity contribution < 1.29 is 19.0 Å². The van der Waals surface area contributed by atoms with E-state index in [-0.39, 0.29) is 6.42 Å². The van der Waals surface area contributed by atoms with E-state index in [1.54, 1.807) is 12.1 Å². The predicted octanol–water partition coefficient (Wildman–Crippen LogP) is 7.42. The second kappa shape index (κ2) is 9.11. The van der Waals surface area contributed by atoms with E-state index >= 15 is 0 Å². The summed E-state index contributed by atoms with van der Waals surface area (Å²) in [6, 6.07) is 8.75. The molecule has 0 aliphatic rings. The van der Waals surface area contributed by atoms with Gasteiger partial charge in [0.15, 0.2) is 0 Å². The lowest BCUT2D eigenvalue weighted by Crippen LogP contribution is -2.23. The molecular weight excluding hydrogens is 513 g/mol. The number of nitrogens with zero attached hydrogens (tertiary/aromatic N) is 3. The Kier molecular flexibility index (Phi) is 6.20. The zero-order valence-corrected chi connectivity index (χ0v) is 22.6. The normalized spacial score (nSPS) is 12.0. The Balaban J connectivity index is 1.83. The van der Waals surface area contributed by atoms with Crippen molar-refractivity contribution >= 4 is 50.2 Å². The van der Waals surface area contributed by atoms with Crippen LogP contribution in [-0.4, -0.2) is 31.2 Å². The topological polar surface area (TPSA) is 77.2 Å². The average Bonchev–Trinajstić information content (AvgIpc) is 3.34. The molecule has 0 bridgehead atoms. The molecule has 5 rings (SSSR count). The number of ether oxygens (including phenoxy) is 1. The minimum Gasteiger partial charge on any atom is -0.487 e. The highest BCUT2D eigenvalue weighted by atomic mass is 35.5. The summed E-state index contributed by atoms with van der Waals surface area (Å²) in [5.41, 5.74) is 4.61. The van der Waals surface area contributed by atoms with Crippen molar-refractivity contribution in [3.8, 4) is 27.4 Å². The van der Waals surface area contributed by atoms with E-state index in [1.807, 2.05) is 57.6 Å². The lowest BCUT2D eigenvalue weighted by atomic mass is 9.92. The van der Waals surface area contributed by atoms with Crippen molar-refractivity contribution in [2.24, 2.45) is 7.05 Å². The molecule has 0 spiro atoms. The molecule has 0 radical (unpaired) electrons. The summed E-state index contributed by atoms with van der Waals surface area (Å²) < 4.78 is 23.0. The van der Waals surface area contributed by atoms with Crippen molar-refractivity contribution in [1.82, 2.24) is 14.5 Å². The van der Waals surface area contributed by atoms with Gasteiger partial charge in [-0.25, -0.2) is 14.4 Å². The van der Waals surface area contributed by atoms with E-state index in [0.717, 1.165) is 32.5 Å². The number of thiazole rings is 1. The Morgan fingerprint density at radius 1 is 1.22 bits per heavy atom. The SMILES string of the molecule is Cc1cc2nc(-c3cn(C)c4ncc(F)cc34)sc2c(-c2ccc(Cl)cc2OC(C)(C)C)c1CC(=O)O. The van der Waals surface area contributed by atoms with E-state index in [9.17, 15) is 14.3 Å². The van der Waals surface area contributed by atoms with Gasteiger partial charge in [0.25, 0.3) is 0 Å². The molecule has 0 amide bonds. The third kappa shape index (κ3) is 4.79. The maximum atomic E-state index is 14.1. The van der Waals surface area contributed by atoms with E-state index in [1.165, 1.54) is 23.6 Å². The van der Waals surface area contributed by atoms with Gasteiger partial charge in [-0.2, -0.15) is 0 Å². The number of rotatable bonds is 5. The molecule has 6 nitrogen and oxygen atoms in total. The average molecular weight is 538 g/mol. The molecule has 0 aliphatic carbocycles. The van der Waals surface area contributed by atoms with E-state index in [4.69, 9.17) is 21.3 Å². The molecule has 0 aliphatic heterocycles. The monoisotopic (exact) mass is 537 g/mol.